The van der Waals surface area contributed by atoms with E-state index in [0.717, 1.165) is 18.7 Å². The monoisotopic (exact) mass is 278 g/mol. The Bertz CT molecular complexity index is 587. The summed E-state index contributed by atoms with van der Waals surface area (Å²) in [7, 11) is 0. The molecular weight excluding hydrogens is 262 g/mol. The highest BCUT2D eigenvalue weighted by atomic mass is 19.2. The zero-order chi connectivity index (χ0) is 14.5. The van der Waals surface area contributed by atoms with Crippen LogP contribution in [0.1, 0.15) is 13.8 Å². The molecule has 0 amide bonds. The van der Waals surface area contributed by atoms with Crippen molar-refractivity contribution in [2.75, 3.05) is 17.2 Å². The lowest BCUT2D eigenvalue weighted by Gasteiger charge is -2.10. The van der Waals surface area contributed by atoms with Gasteiger partial charge in [0.1, 0.15) is 18.0 Å². The molecule has 0 radical (unpaired) electrons. The van der Waals surface area contributed by atoms with Gasteiger partial charge in [-0.1, -0.05) is 13.8 Å². The number of rotatable bonds is 5. The first kappa shape index (κ1) is 14.2. The molecule has 1 aromatic carbocycles. The summed E-state index contributed by atoms with van der Waals surface area (Å²) in [4.78, 5) is 8.12. The highest BCUT2D eigenvalue weighted by molar-refractivity contribution is 5.58. The SMILES string of the molecule is CC(C)CNc1cc(Nc2ccc(F)c(F)c2)ncn1. The van der Waals surface area contributed by atoms with Crippen molar-refractivity contribution in [2.45, 2.75) is 13.8 Å². The minimum absolute atomic E-state index is 0.428. The topological polar surface area (TPSA) is 49.8 Å². The fraction of sp³-hybridized carbons (Fsp3) is 0.286. The fourth-order valence-corrected chi connectivity index (χ4v) is 1.55. The molecule has 1 aromatic heterocycles. The molecule has 1 heterocycles. The first-order chi connectivity index (χ1) is 9.54. The molecule has 2 aromatic rings. The van der Waals surface area contributed by atoms with Crippen LogP contribution in [0.25, 0.3) is 0 Å². The number of benzene rings is 1. The second-order valence-electron chi connectivity index (χ2n) is 4.82. The Morgan fingerprint density at radius 1 is 1.05 bits per heavy atom. The number of anilines is 3. The number of nitrogens with one attached hydrogen (secondary N) is 2. The molecule has 20 heavy (non-hydrogen) atoms. The van der Waals surface area contributed by atoms with E-state index in [0.29, 0.717) is 23.2 Å². The average molecular weight is 278 g/mol. The summed E-state index contributed by atoms with van der Waals surface area (Å²) >= 11 is 0. The Kier molecular flexibility index (Phi) is 4.45. The minimum Gasteiger partial charge on any atom is -0.370 e. The highest BCUT2D eigenvalue weighted by Gasteiger charge is 2.04. The van der Waals surface area contributed by atoms with Gasteiger partial charge in [0, 0.05) is 24.4 Å². The molecule has 0 aliphatic carbocycles. The first-order valence-corrected chi connectivity index (χ1v) is 6.32. The summed E-state index contributed by atoms with van der Waals surface area (Å²) in [6, 6.07) is 5.31. The number of hydrogen-bond donors (Lipinski definition) is 2. The van der Waals surface area contributed by atoms with E-state index in [-0.39, 0.29) is 0 Å². The van der Waals surface area contributed by atoms with E-state index < -0.39 is 11.6 Å². The second-order valence-corrected chi connectivity index (χ2v) is 4.82. The lowest BCUT2D eigenvalue weighted by Crippen LogP contribution is -2.09. The van der Waals surface area contributed by atoms with Gasteiger partial charge in [0.05, 0.1) is 0 Å². The van der Waals surface area contributed by atoms with Crippen molar-refractivity contribution in [2.24, 2.45) is 5.92 Å². The van der Waals surface area contributed by atoms with Crippen LogP contribution in [0.3, 0.4) is 0 Å². The van der Waals surface area contributed by atoms with Gasteiger partial charge in [-0.15, -0.1) is 0 Å². The normalized spacial score (nSPS) is 10.7. The largest absolute Gasteiger partial charge is 0.370 e. The third kappa shape index (κ3) is 3.88. The lowest BCUT2D eigenvalue weighted by atomic mass is 10.2. The predicted molar refractivity (Wildman–Crippen MR) is 75.0 cm³/mol. The molecule has 0 saturated heterocycles. The van der Waals surface area contributed by atoms with Crippen LogP contribution in [0.4, 0.5) is 26.1 Å². The molecule has 0 fully saturated rings. The molecule has 4 nitrogen and oxygen atoms in total. The van der Waals surface area contributed by atoms with E-state index >= 15 is 0 Å². The Balaban J connectivity index is 2.08. The summed E-state index contributed by atoms with van der Waals surface area (Å²) in [6.07, 6.45) is 1.41. The second kappa shape index (κ2) is 6.27. The summed E-state index contributed by atoms with van der Waals surface area (Å²) in [5, 5.41) is 6.07. The molecule has 0 aliphatic heterocycles. The van der Waals surface area contributed by atoms with Crippen LogP contribution in [0.15, 0.2) is 30.6 Å². The van der Waals surface area contributed by atoms with Crippen molar-refractivity contribution >= 4 is 17.3 Å². The van der Waals surface area contributed by atoms with Crippen LogP contribution in [-0.2, 0) is 0 Å². The van der Waals surface area contributed by atoms with Gasteiger partial charge in [0.25, 0.3) is 0 Å². The van der Waals surface area contributed by atoms with E-state index in [2.05, 4.69) is 34.4 Å². The zero-order valence-corrected chi connectivity index (χ0v) is 11.3. The van der Waals surface area contributed by atoms with Crippen LogP contribution in [0, 0.1) is 17.6 Å². The lowest BCUT2D eigenvalue weighted by molar-refractivity contribution is 0.509. The smallest absolute Gasteiger partial charge is 0.160 e. The Labute approximate surface area is 116 Å². The van der Waals surface area contributed by atoms with Gasteiger partial charge in [-0.25, -0.2) is 18.7 Å². The standard InChI is InChI=1S/C14H16F2N4/c1-9(2)7-17-13-6-14(19-8-18-13)20-10-3-4-11(15)12(16)5-10/h3-6,8-9H,7H2,1-2H3,(H2,17,18,19,20). The van der Waals surface area contributed by atoms with Gasteiger partial charge >= 0.3 is 0 Å². The molecule has 0 saturated carbocycles. The highest BCUT2D eigenvalue weighted by Crippen LogP contribution is 2.18. The number of nitrogens with zero attached hydrogens (tertiary/aromatic N) is 2. The molecule has 0 atom stereocenters. The van der Waals surface area contributed by atoms with Gasteiger partial charge in [0.2, 0.25) is 0 Å². The summed E-state index contributed by atoms with van der Waals surface area (Å²) < 4.78 is 25.9. The molecular formula is C14H16F2N4. The summed E-state index contributed by atoms with van der Waals surface area (Å²) in [5.41, 5.74) is 0.428. The number of aromatic nitrogens is 2. The van der Waals surface area contributed by atoms with E-state index in [1.54, 1.807) is 6.07 Å². The third-order valence-corrected chi connectivity index (χ3v) is 2.55. The fourth-order valence-electron chi connectivity index (χ4n) is 1.55. The van der Waals surface area contributed by atoms with Crippen molar-refractivity contribution in [3.63, 3.8) is 0 Å². The Hall–Kier alpha value is -2.24. The molecule has 2 rings (SSSR count). The van der Waals surface area contributed by atoms with Crippen molar-refractivity contribution in [1.29, 1.82) is 0 Å². The van der Waals surface area contributed by atoms with E-state index in [4.69, 9.17) is 0 Å². The minimum atomic E-state index is -0.901. The van der Waals surface area contributed by atoms with Crippen LogP contribution < -0.4 is 10.6 Å². The van der Waals surface area contributed by atoms with E-state index in [1.165, 1.54) is 12.4 Å². The molecule has 6 heteroatoms. The average Bonchev–Trinajstić information content (AvgIpc) is 2.41. The maximum Gasteiger partial charge on any atom is 0.160 e. The van der Waals surface area contributed by atoms with E-state index in [1.807, 2.05) is 0 Å². The summed E-state index contributed by atoms with van der Waals surface area (Å²) in [6.45, 7) is 4.98. The van der Waals surface area contributed by atoms with Crippen molar-refractivity contribution in [3.05, 3.63) is 42.2 Å². The summed E-state index contributed by atoms with van der Waals surface area (Å²) in [5.74, 6) is -0.0941. The van der Waals surface area contributed by atoms with Crippen LogP contribution in [0.2, 0.25) is 0 Å². The number of halogens is 2. The molecule has 106 valence electrons. The van der Waals surface area contributed by atoms with Gasteiger partial charge in [0.15, 0.2) is 11.6 Å². The van der Waals surface area contributed by atoms with Crippen molar-refractivity contribution < 1.29 is 8.78 Å². The zero-order valence-electron chi connectivity index (χ0n) is 11.3. The van der Waals surface area contributed by atoms with Gasteiger partial charge in [-0.2, -0.15) is 0 Å². The number of hydrogen-bond acceptors (Lipinski definition) is 4. The van der Waals surface area contributed by atoms with Crippen molar-refractivity contribution in [1.82, 2.24) is 9.97 Å². The molecule has 0 aliphatic rings. The van der Waals surface area contributed by atoms with Crippen LogP contribution >= 0.6 is 0 Å². The van der Waals surface area contributed by atoms with Gasteiger partial charge in [-0.05, 0) is 18.1 Å². The predicted octanol–water partition coefficient (Wildman–Crippen LogP) is 3.57. The van der Waals surface area contributed by atoms with Crippen LogP contribution in [-0.4, -0.2) is 16.5 Å². The van der Waals surface area contributed by atoms with Gasteiger partial charge in [-0.3, -0.25) is 0 Å². The molecule has 0 unspecified atom stereocenters. The third-order valence-electron chi connectivity index (χ3n) is 2.55. The Morgan fingerprint density at radius 3 is 2.50 bits per heavy atom. The molecule has 0 bridgehead atoms. The van der Waals surface area contributed by atoms with E-state index in [9.17, 15) is 8.78 Å². The molecule has 0 spiro atoms. The quantitative estimate of drug-likeness (QED) is 0.878. The van der Waals surface area contributed by atoms with Gasteiger partial charge < -0.3 is 10.6 Å². The van der Waals surface area contributed by atoms with Crippen molar-refractivity contribution in [3.8, 4) is 0 Å². The maximum absolute atomic E-state index is 13.1. The molecule has 2 N–H and O–H groups in total. The van der Waals surface area contributed by atoms with Crippen LogP contribution in [0.5, 0.6) is 0 Å². The Morgan fingerprint density at radius 2 is 1.80 bits per heavy atom. The first-order valence-electron chi connectivity index (χ1n) is 6.32. The maximum atomic E-state index is 13.1.